The Bertz CT molecular complexity index is 607. The van der Waals surface area contributed by atoms with Gasteiger partial charge < -0.3 is 5.11 Å². The molecule has 0 saturated heterocycles. The molecule has 4 fully saturated rings. The van der Waals surface area contributed by atoms with Crippen molar-refractivity contribution in [1.29, 1.82) is 0 Å². The molecule has 10 unspecified atom stereocenters. The lowest BCUT2D eigenvalue weighted by Crippen LogP contribution is -2.61. The highest BCUT2D eigenvalue weighted by Gasteiger charge is 2.64. The van der Waals surface area contributed by atoms with Gasteiger partial charge >= 0.3 is 0 Å². The molecule has 0 spiro atoms. The van der Waals surface area contributed by atoms with Crippen LogP contribution in [-0.4, -0.2) is 10.7 Å². The Hall–Kier alpha value is -0.0400. The fraction of sp³-hybridized carbons (Fsp3) is 1.00. The molecule has 0 aliphatic heterocycles. The molecule has 4 aliphatic rings. The van der Waals surface area contributed by atoms with E-state index in [1.54, 1.807) is 0 Å². The summed E-state index contributed by atoms with van der Waals surface area (Å²) in [6.07, 6.45) is 15.1. The molecule has 0 aromatic rings. The Morgan fingerprint density at radius 3 is 2.23 bits per heavy atom. The third-order valence-electron chi connectivity index (χ3n) is 11.5. The second-order valence-electron chi connectivity index (χ2n) is 13.9. The van der Waals surface area contributed by atoms with Gasteiger partial charge in [0.05, 0.1) is 5.60 Å². The summed E-state index contributed by atoms with van der Waals surface area (Å²) >= 11 is 0. The van der Waals surface area contributed by atoms with Crippen molar-refractivity contribution >= 4 is 0 Å². The van der Waals surface area contributed by atoms with Crippen LogP contribution in [0.15, 0.2) is 0 Å². The van der Waals surface area contributed by atoms with E-state index in [2.05, 4.69) is 48.5 Å². The lowest BCUT2D eigenvalue weighted by Gasteiger charge is -2.65. The molecule has 0 amide bonds. The standard InChI is InChI=1S/C29H52O/c1-19(2)9-8-10-21(4)23-11-12-24-22-18-29(7,30)26-17-20(3)13-15-28(26,6)25(22)14-16-27(23,24)5/h19-26,30H,8-18H2,1-7H3. The summed E-state index contributed by atoms with van der Waals surface area (Å²) in [6.45, 7) is 17.2. The van der Waals surface area contributed by atoms with Gasteiger partial charge in [-0.2, -0.15) is 0 Å². The van der Waals surface area contributed by atoms with Crippen molar-refractivity contribution in [2.24, 2.45) is 58.2 Å². The van der Waals surface area contributed by atoms with Crippen LogP contribution in [0, 0.1) is 58.2 Å². The zero-order valence-corrected chi connectivity index (χ0v) is 21.3. The quantitative estimate of drug-likeness (QED) is 0.480. The van der Waals surface area contributed by atoms with Crippen molar-refractivity contribution in [3.8, 4) is 0 Å². The molecule has 30 heavy (non-hydrogen) atoms. The maximum Gasteiger partial charge on any atom is 0.0656 e. The first kappa shape index (κ1) is 23.1. The Labute approximate surface area is 188 Å². The van der Waals surface area contributed by atoms with Crippen LogP contribution in [0.1, 0.15) is 119 Å². The molecule has 0 radical (unpaired) electrons. The van der Waals surface area contributed by atoms with E-state index in [1.165, 1.54) is 64.2 Å². The summed E-state index contributed by atoms with van der Waals surface area (Å²) in [6, 6.07) is 0. The minimum absolute atomic E-state index is 0.376. The maximum atomic E-state index is 11.7. The minimum atomic E-state index is -0.455. The molecule has 0 heterocycles. The molecule has 1 nitrogen and oxygen atoms in total. The summed E-state index contributed by atoms with van der Waals surface area (Å²) in [7, 11) is 0. The third kappa shape index (κ3) is 3.72. The zero-order chi connectivity index (χ0) is 21.9. The van der Waals surface area contributed by atoms with Crippen LogP contribution in [0.3, 0.4) is 0 Å². The molecule has 4 aliphatic carbocycles. The van der Waals surface area contributed by atoms with Crippen LogP contribution in [0.4, 0.5) is 0 Å². The third-order valence-corrected chi connectivity index (χ3v) is 11.5. The second kappa shape index (κ2) is 8.07. The Morgan fingerprint density at radius 2 is 1.53 bits per heavy atom. The van der Waals surface area contributed by atoms with E-state index < -0.39 is 5.60 Å². The Kier molecular flexibility index (Phi) is 6.22. The van der Waals surface area contributed by atoms with Crippen LogP contribution < -0.4 is 0 Å². The molecule has 4 saturated carbocycles. The first-order valence-electron chi connectivity index (χ1n) is 13.7. The highest BCUT2D eigenvalue weighted by molar-refractivity contribution is 5.13. The van der Waals surface area contributed by atoms with Crippen molar-refractivity contribution in [2.75, 3.05) is 0 Å². The molecule has 1 heteroatoms. The molecule has 174 valence electrons. The van der Waals surface area contributed by atoms with Gasteiger partial charge in [-0.15, -0.1) is 0 Å². The number of hydrogen-bond donors (Lipinski definition) is 1. The van der Waals surface area contributed by atoms with E-state index >= 15 is 0 Å². The number of hydrogen-bond acceptors (Lipinski definition) is 1. The van der Waals surface area contributed by atoms with Gasteiger partial charge in [-0.3, -0.25) is 0 Å². The van der Waals surface area contributed by atoms with Crippen LogP contribution in [-0.2, 0) is 0 Å². The molecule has 10 atom stereocenters. The summed E-state index contributed by atoms with van der Waals surface area (Å²) in [5.74, 6) is 6.43. The fourth-order valence-corrected chi connectivity index (χ4v) is 9.96. The van der Waals surface area contributed by atoms with E-state index in [4.69, 9.17) is 0 Å². The minimum Gasteiger partial charge on any atom is -0.390 e. The van der Waals surface area contributed by atoms with Gasteiger partial charge in [-0.05, 0) is 110 Å². The van der Waals surface area contributed by atoms with Crippen LogP contribution in [0.25, 0.3) is 0 Å². The summed E-state index contributed by atoms with van der Waals surface area (Å²) in [5.41, 5.74) is 0.449. The van der Waals surface area contributed by atoms with E-state index in [0.29, 0.717) is 16.7 Å². The van der Waals surface area contributed by atoms with E-state index in [1.807, 2.05) is 0 Å². The predicted molar refractivity (Wildman–Crippen MR) is 128 cm³/mol. The predicted octanol–water partition coefficient (Wildman–Crippen LogP) is 8.10. The molecule has 0 aromatic carbocycles. The van der Waals surface area contributed by atoms with Gasteiger partial charge in [0.2, 0.25) is 0 Å². The monoisotopic (exact) mass is 416 g/mol. The maximum absolute atomic E-state index is 11.7. The highest BCUT2D eigenvalue weighted by Crippen LogP contribution is 2.70. The van der Waals surface area contributed by atoms with E-state index in [-0.39, 0.29) is 0 Å². The van der Waals surface area contributed by atoms with Gasteiger partial charge in [0, 0.05) is 0 Å². The normalized spacial score (nSPS) is 51.9. The highest BCUT2D eigenvalue weighted by atomic mass is 16.3. The second-order valence-corrected chi connectivity index (χ2v) is 13.9. The van der Waals surface area contributed by atoms with Gasteiger partial charge in [0.15, 0.2) is 0 Å². The molecular weight excluding hydrogens is 364 g/mol. The van der Waals surface area contributed by atoms with Crippen molar-refractivity contribution < 1.29 is 5.11 Å². The summed E-state index contributed by atoms with van der Waals surface area (Å²) in [5, 5.41) is 11.7. The smallest absolute Gasteiger partial charge is 0.0656 e. The lowest BCUT2D eigenvalue weighted by molar-refractivity contribution is -0.204. The van der Waals surface area contributed by atoms with Crippen LogP contribution in [0.5, 0.6) is 0 Å². The molecule has 0 bridgehead atoms. The average Bonchev–Trinajstić information content (AvgIpc) is 3.00. The first-order chi connectivity index (χ1) is 14.0. The van der Waals surface area contributed by atoms with Gasteiger partial charge in [0.25, 0.3) is 0 Å². The van der Waals surface area contributed by atoms with Crippen molar-refractivity contribution in [2.45, 2.75) is 125 Å². The van der Waals surface area contributed by atoms with Gasteiger partial charge in [-0.1, -0.05) is 67.2 Å². The van der Waals surface area contributed by atoms with Crippen molar-refractivity contribution in [3.63, 3.8) is 0 Å². The fourth-order valence-electron chi connectivity index (χ4n) is 9.96. The van der Waals surface area contributed by atoms with Crippen LogP contribution >= 0.6 is 0 Å². The largest absolute Gasteiger partial charge is 0.390 e. The first-order valence-corrected chi connectivity index (χ1v) is 13.7. The lowest BCUT2D eigenvalue weighted by atomic mass is 9.41. The van der Waals surface area contributed by atoms with Gasteiger partial charge in [0.1, 0.15) is 0 Å². The van der Waals surface area contributed by atoms with Crippen LogP contribution in [0.2, 0.25) is 0 Å². The SMILES string of the molecule is CC(C)CCCC(C)C1CCC2C3CC(C)(O)C4CC(C)CCC4(C)C3CCC12C. The van der Waals surface area contributed by atoms with E-state index in [0.717, 1.165) is 47.8 Å². The number of aliphatic hydroxyl groups is 1. The Balaban J connectivity index is 1.53. The number of rotatable bonds is 5. The topological polar surface area (TPSA) is 20.2 Å². The van der Waals surface area contributed by atoms with Gasteiger partial charge in [-0.25, -0.2) is 0 Å². The van der Waals surface area contributed by atoms with Crippen molar-refractivity contribution in [3.05, 3.63) is 0 Å². The molecule has 0 aromatic heterocycles. The zero-order valence-electron chi connectivity index (χ0n) is 21.3. The molecule has 1 N–H and O–H groups in total. The van der Waals surface area contributed by atoms with E-state index in [9.17, 15) is 5.11 Å². The molecule has 4 rings (SSSR count). The summed E-state index contributed by atoms with van der Waals surface area (Å²) in [4.78, 5) is 0. The number of fused-ring (bicyclic) bond motifs is 5. The molecular formula is C29H52O. The van der Waals surface area contributed by atoms with Crippen molar-refractivity contribution in [1.82, 2.24) is 0 Å². The average molecular weight is 417 g/mol. The Morgan fingerprint density at radius 1 is 0.867 bits per heavy atom. The summed E-state index contributed by atoms with van der Waals surface area (Å²) < 4.78 is 0.